The van der Waals surface area contributed by atoms with Crippen LogP contribution in [0.25, 0.3) is 0 Å². The lowest BCUT2D eigenvalue weighted by Gasteiger charge is -2.28. The van der Waals surface area contributed by atoms with Crippen molar-refractivity contribution in [1.82, 2.24) is 5.32 Å². The Morgan fingerprint density at radius 1 is 1.21 bits per heavy atom. The Balaban J connectivity index is 4.37. The van der Waals surface area contributed by atoms with Gasteiger partial charge in [-0.3, -0.25) is 4.79 Å². The summed E-state index contributed by atoms with van der Waals surface area (Å²) < 4.78 is 0. The lowest BCUT2D eigenvalue weighted by molar-refractivity contribution is -0.145. The van der Waals surface area contributed by atoms with Gasteiger partial charge in [0.1, 0.15) is 6.04 Å². The van der Waals surface area contributed by atoms with Gasteiger partial charge in [0.25, 0.3) is 0 Å². The topological polar surface area (TPSA) is 92.4 Å². The molecule has 0 spiro atoms. The van der Waals surface area contributed by atoms with Gasteiger partial charge in [-0.2, -0.15) is 0 Å². The number of aliphatic carboxylic acids is 1. The normalized spacial score (nSPS) is 16.5. The van der Waals surface area contributed by atoms with Crippen LogP contribution in [-0.2, 0) is 9.59 Å². The van der Waals surface area contributed by atoms with Crippen LogP contribution in [0.1, 0.15) is 53.9 Å². The molecule has 5 nitrogen and oxygen atoms in total. The fourth-order valence-corrected chi connectivity index (χ4v) is 1.81. The maximum atomic E-state index is 12.0. The summed E-state index contributed by atoms with van der Waals surface area (Å²) >= 11 is 0. The third-order valence-corrected chi connectivity index (χ3v) is 3.14. The molecule has 19 heavy (non-hydrogen) atoms. The predicted molar refractivity (Wildman–Crippen MR) is 75.7 cm³/mol. The Kier molecular flexibility index (Phi) is 7.05. The summed E-state index contributed by atoms with van der Waals surface area (Å²) in [5, 5.41) is 11.8. The predicted octanol–water partition coefficient (Wildman–Crippen LogP) is 1.76. The molecule has 0 saturated carbocycles. The van der Waals surface area contributed by atoms with Crippen LogP contribution in [-0.4, -0.2) is 29.1 Å². The lowest BCUT2D eigenvalue weighted by atomic mass is 9.86. The fraction of sp³-hybridized carbons (Fsp3) is 0.857. The SMILES string of the molecule is CC(N)CCCC(C)C(=O)N[C@@H](C(=O)O)C(C)(C)C. The second-order valence-corrected chi connectivity index (χ2v) is 6.46. The highest BCUT2D eigenvalue weighted by molar-refractivity contribution is 5.85. The Morgan fingerprint density at radius 2 is 1.74 bits per heavy atom. The molecule has 1 amide bonds. The molecule has 0 aromatic heterocycles. The molecule has 0 fully saturated rings. The maximum Gasteiger partial charge on any atom is 0.326 e. The number of nitrogens with one attached hydrogen (secondary N) is 1. The van der Waals surface area contributed by atoms with Crippen LogP contribution in [0.2, 0.25) is 0 Å². The van der Waals surface area contributed by atoms with Gasteiger partial charge in [-0.15, -0.1) is 0 Å². The van der Waals surface area contributed by atoms with Crippen molar-refractivity contribution >= 4 is 11.9 Å². The zero-order valence-corrected chi connectivity index (χ0v) is 12.7. The zero-order chi connectivity index (χ0) is 15.2. The molecule has 5 heteroatoms. The molecule has 0 bridgehead atoms. The number of hydrogen-bond donors (Lipinski definition) is 3. The van der Waals surface area contributed by atoms with Crippen molar-refractivity contribution in [3.05, 3.63) is 0 Å². The second-order valence-electron chi connectivity index (χ2n) is 6.46. The third-order valence-electron chi connectivity index (χ3n) is 3.14. The highest BCUT2D eigenvalue weighted by Gasteiger charge is 2.33. The van der Waals surface area contributed by atoms with E-state index >= 15 is 0 Å². The Labute approximate surface area is 115 Å². The molecule has 0 aromatic carbocycles. The molecular formula is C14H28N2O3. The summed E-state index contributed by atoms with van der Waals surface area (Å²) in [5.74, 6) is -1.39. The summed E-state index contributed by atoms with van der Waals surface area (Å²) in [6.45, 7) is 9.15. The van der Waals surface area contributed by atoms with Gasteiger partial charge in [0.15, 0.2) is 0 Å². The van der Waals surface area contributed by atoms with E-state index in [9.17, 15) is 9.59 Å². The van der Waals surface area contributed by atoms with Crippen LogP contribution in [0.4, 0.5) is 0 Å². The largest absolute Gasteiger partial charge is 0.480 e. The molecule has 0 aliphatic carbocycles. The van der Waals surface area contributed by atoms with Gasteiger partial charge in [0.05, 0.1) is 0 Å². The van der Waals surface area contributed by atoms with Crippen molar-refractivity contribution in [2.24, 2.45) is 17.1 Å². The number of carboxylic acid groups (broad SMARTS) is 1. The highest BCUT2D eigenvalue weighted by atomic mass is 16.4. The van der Waals surface area contributed by atoms with Crippen LogP contribution in [0.5, 0.6) is 0 Å². The van der Waals surface area contributed by atoms with Gasteiger partial charge in [-0.1, -0.05) is 34.1 Å². The monoisotopic (exact) mass is 272 g/mol. The van der Waals surface area contributed by atoms with Crippen molar-refractivity contribution in [3.8, 4) is 0 Å². The van der Waals surface area contributed by atoms with Crippen molar-refractivity contribution in [2.75, 3.05) is 0 Å². The smallest absolute Gasteiger partial charge is 0.326 e. The number of nitrogens with two attached hydrogens (primary N) is 1. The molecule has 0 aliphatic rings. The van der Waals surface area contributed by atoms with Gasteiger partial charge in [0.2, 0.25) is 5.91 Å². The maximum absolute atomic E-state index is 12.0. The molecule has 4 N–H and O–H groups in total. The first kappa shape index (κ1) is 17.9. The third kappa shape index (κ3) is 7.15. The minimum absolute atomic E-state index is 0.136. The van der Waals surface area contributed by atoms with E-state index in [1.807, 2.05) is 13.8 Å². The van der Waals surface area contributed by atoms with E-state index in [1.54, 1.807) is 20.8 Å². The van der Waals surface area contributed by atoms with Crippen LogP contribution in [0.15, 0.2) is 0 Å². The number of carbonyl (C=O) groups excluding carboxylic acids is 1. The summed E-state index contributed by atoms with van der Waals surface area (Å²) in [5.41, 5.74) is 5.15. The van der Waals surface area contributed by atoms with E-state index in [4.69, 9.17) is 10.8 Å². The number of hydrogen-bond acceptors (Lipinski definition) is 3. The Morgan fingerprint density at radius 3 is 2.11 bits per heavy atom. The summed E-state index contributed by atoms with van der Waals surface area (Å²) in [6.07, 6.45) is 2.47. The molecule has 0 rings (SSSR count). The second kappa shape index (κ2) is 7.48. The molecule has 3 atom stereocenters. The molecule has 112 valence electrons. The Bertz CT molecular complexity index is 308. The first-order valence-electron chi connectivity index (χ1n) is 6.84. The van der Waals surface area contributed by atoms with Gasteiger partial charge in [0, 0.05) is 12.0 Å². The van der Waals surface area contributed by atoms with E-state index in [-0.39, 0.29) is 17.9 Å². The standard InChI is InChI=1S/C14H28N2O3/c1-9(7-6-8-10(2)15)12(17)16-11(13(18)19)14(3,4)5/h9-11H,6-8,15H2,1-5H3,(H,16,17)(H,18,19)/t9?,10?,11-/m0/s1. The molecule has 0 aliphatic heterocycles. The van der Waals surface area contributed by atoms with E-state index in [0.29, 0.717) is 0 Å². The molecule has 0 aromatic rings. The van der Waals surface area contributed by atoms with Crippen molar-refractivity contribution in [2.45, 2.75) is 66.0 Å². The van der Waals surface area contributed by atoms with Gasteiger partial charge < -0.3 is 16.2 Å². The molecule has 0 radical (unpaired) electrons. The summed E-state index contributed by atoms with van der Waals surface area (Å²) in [6, 6.07) is -0.729. The number of amides is 1. The van der Waals surface area contributed by atoms with Crippen LogP contribution in [0.3, 0.4) is 0 Å². The zero-order valence-electron chi connectivity index (χ0n) is 12.7. The minimum Gasteiger partial charge on any atom is -0.480 e. The number of carbonyl (C=O) groups is 2. The fourth-order valence-electron chi connectivity index (χ4n) is 1.81. The highest BCUT2D eigenvalue weighted by Crippen LogP contribution is 2.20. The van der Waals surface area contributed by atoms with Crippen molar-refractivity contribution in [3.63, 3.8) is 0 Å². The lowest BCUT2D eigenvalue weighted by Crippen LogP contribution is -2.50. The van der Waals surface area contributed by atoms with Gasteiger partial charge in [-0.05, 0) is 25.2 Å². The molecule has 2 unspecified atom stereocenters. The minimum atomic E-state index is -0.997. The van der Waals surface area contributed by atoms with Crippen molar-refractivity contribution in [1.29, 1.82) is 0 Å². The number of carboxylic acids is 1. The molecule has 0 heterocycles. The first-order valence-corrected chi connectivity index (χ1v) is 6.84. The Hall–Kier alpha value is -1.10. The average Bonchev–Trinajstić information content (AvgIpc) is 2.22. The van der Waals surface area contributed by atoms with Gasteiger partial charge >= 0.3 is 5.97 Å². The summed E-state index contributed by atoms with van der Waals surface area (Å²) in [7, 11) is 0. The molecular weight excluding hydrogens is 244 g/mol. The van der Waals surface area contributed by atoms with E-state index in [2.05, 4.69) is 5.32 Å². The van der Waals surface area contributed by atoms with Crippen LogP contribution < -0.4 is 11.1 Å². The van der Waals surface area contributed by atoms with E-state index < -0.39 is 17.4 Å². The van der Waals surface area contributed by atoms with Crippen molar-refractivity contribution < 1.29 is 14.7 Å². The first-order chi connectivity index (χ1) is 8.55. The van der Waals surface area contributed by atoms with E-state index in [0.717, 1.165) is 19.3 Å². The average molecular weight is 272 g/mol. The van der Waals surface area contributed by atoms with Gasteiger partial charge in [-0.25, -0.2) is 4.79 Å². The van der Waals surface area contributed by atoms with E-state index in [1.165, 1.54) is 0 Å². The van der Waals surface area contributed by atoms with Crippen LogP contribution in [0, 0.1) is 11.3 Å². The molecule has 0 saturated heterocycles. The van der Waals surface area contributed by atoms with Crippen LogP contribution >= 0.6 is 0 Å². The number of rotatable bonds is 7. The summed E-state index contributed by atoms with van der Waals surface area (Å²) in [4.78, 5) is 23.2. The quantitative estimate of drug-likeness (QED) is 0.658.